The first-order chi connectivity index (χ1) is 11.5. The quantitative estimate of drug-likeness (QED) is 0.661. The summed E-state index contributed by atoms with van der Waals surface area (Å²) in [5.74, 6) is -0.131. The Morgan fingerprint density at radius 2 is 1.79 bits per heavy atom. The van der Waals surface area contributed by atoms with Gasteiger partial charge in [-0.3, -0.25) is 4.79 Å². The highest BCUT2D eigenvalue weighted by Crippen LogP contribution is 2.23. The van der Waals surface area contributed by atoms with E-state index in [4.69, 9.17) is 16.3 Å². The lowest BCUT2D eigenvalue weighted by atomic mass is 10.2. The zero-order chi connectivity index (χ0) is 17.5. The van der Waals surface area contributed by atoms with Gasteiger partial charge in [-0.1, -0.05) is 23.7 Å². The monoisotopic (exact) mass is 345 g/mol. The van der Waals surface area contributed by atoms with Crippen LogP contribution in [0.25, 0.3) is 6.08 Å². The Kier molecular flexibility index (Phi) is 5.98. The summed E-state index contributed by atoms with van der Waals surface area (Å²) in [7, 11) is 2.87. The number of anilines is 1. The maximum absolute atomic E-state index is 12.0. The number of halogens is 1. The highest BCUT2D eigenvalue weighted by atomic mass is 35.5. The van der Waals surface area contributed by atoms with Crippen molar-refractivity contribution in [3.8, 4) is 5.75 Å². The number of nitrogens with one attached hydrogen (secondary N) is 1. The van der Waals surface area contributed by atoms with Gasteiger partial charge in [0.15, 0.2) is 0 Å². The third kappa shape index (κ3) is 4.60. The molecule has 1 N–H and O–H groups in total. The summed E-state index contributed by atoms with van der Waals surface area (Å²) in [4.78, 5) is 23.5. The summed E-state index contributed by atoms with van der Waals surface area (Å²) in [6, 6.07) is 11.8. The lowest BCUT2D eigenvalue weighted by molar-refractivity contribution is -0.111. The van der Waals surface area contributed by atoms with E-state index in [1.54, 1.807) is 25.3 Å². The number of methoxy groups -OCH3 is 2. The van der Waals surface area contributed by atoms with E-state index in [2.05, 4.69) is 10.1 Å². The van der Waals surface area contributed by atoms with E-state index in [-0.39, 0.29) is 5.91 Å². The van der Waals surface area contributed by atoms with E-state index < -0.39 is 5.97 Å². The van der Waals surface area contributed by atoms with E-state index >= 15 is 0 Å². The molecule has 6 heteroatoms. The van der Waals surface area contributed by atoms with E-state index in [1.807, 2.05) is 12.1 Å². The van der Waals surface area contributed by atoms with Crippen LogP contribution in [0.1, 0.15) is 15.9 Å². The van der Waals surface area contributed by atoms with Crippen molar-refractivity contribution in [2.24, 2.45) is 0 Å². The van der Waals surface area contributed by atoms with Crippen LogP contribution in [0.4, 0.5) is 5.69 Å². The first-order valence-electron chi connectivity index (χ1n) is 7.04. The minimum Gasteiger partial charge on any atom is -0.497 e. The number of carbonyl (C=O) groups is 2. The number of benzene rings is 2. The Morgan fingerprint density at radius 3 is 2.42 bits per heavy atom. The fourth-order valence-electron chi connectivity index (χ4n) is 1.93. The molecule has 0 aromatic heterocycles. The number of hydrogen-bond acceptors (Lipinski definition) is 4. The van der Waals surface area contributed by atoms with Gasteiger partial charge in [-0.25, -0.2) is 4.79 Å². The molecule has 0 atom stereocenters. The number of hydrogen-bond donors (Lipinski definition) is 1. The van der Waals surface area contributed by atoms with Gasteiger partial charge in [0.05, 0.1) is 30.5 Å². The lowest BCUT2D eigenvalue weighted by Gasteiger charge is -2.07. The van der Waals surface area contributed by atoms with E-state index in [0.29, 0.717) is 16.3 Å². The highest BCUT2D eigenvalue weighted by molar-refractivity contribution is 6.34. The van der Waals surface area contributed by atoms with Crippen molar-refractivity contribution in [3.05, 3.63) is 64.7 Å². The SMILES string of the molecule is COC(=O)c1ccc(Cl)c(NC(=O)C=Cc2ccc(OC)cc2)c1. The molecule has 0 bridgehead atoms. The molecule has 1 amide bonds. The van der Waals surface area contributed by atoms with Crippen molar-refractivity contribution in [3.63, 3.8) is 0 Å². The number of ether oxygens (including phenoxy) is 2. The van der Waals surface area contributed by atoms with Crippen LogP contribution in [-0.2, 0) is 9.53 Å². The molecule has 0 aliphatic rings. The Balaban J connectivity index is 2.08. The van der Waals surface area contributed by atoms with Gasteiger partial charge in [0, 0.05) is 6.08 Å². The topological polar surface area (TPSA) is 64.6 Å². The van der Waals surface area contributed by atoms with Gasteiger partial charge in [-0.2, -0.15) is 0 Å². The summed E-state index contributed by atoms with van der Waals surface area (Å²) >= 11 is 6.03. The molecule has 0 unspecified atom stereocenters. The van der Waals surface area contributed by atoms with Crippen molar-refractivity contribution in [2.45, 2.75) is 0 Å². The fraction of sp³-hybridized carbons (Fsp3) is 0.111. The van der Waals surface area contributed by atoms with Crippen molar-refractivity contribution in [1.29, 1.82) is 0 Å². The predicted octanol–water partition coefficient (Wildman–Crippen LogP) is 3.79. The Hall–Kier alpha value is -2.79. The minimum atomic E-state index is -0.504. The standard InChI is InChI=1S/C18H16ClNO4/c1-23-14-7-3-12(4-8-14)5-10-17(21)20-16-11-13(18(22)24-2)6-9-15(16)19/h3-11H,1-2H3,(H,20,21). The first-order valence-corrected chi connectivity index (χ1v) is 7.42. The van der Waals surface area contributed by atoms with Crippen LogP contribution < -0.4 is 10.1 Å². The molecular weight excluding hydrogens is 330 g/mol. The number of rotatable bonds is 5. The predicted molar refractivity (Wildman–Crippen MR) is 93.4 cm³/mol. The maximum Gasteiger partial charge on any atom is 0.337 e. The van der Waals surface area contributed by atoms with Gasteiger partial charge < -0.3 is 14.8 Å². The molecule has 0 fully saturated rings. The van der Waals surface area contributed by atoms with Crippen LogP contribution in [-0.4, -0.2) is 26.1 Å². The first kappa shape index (κ1) is 17.6. The molecule has 0 saturated carbocycles. The zero-order valence-electron chi connectivity index (χ0n) is 13.2. The molecule has 2 rings (SSSR count). The van der Waals surface area contributed by atoms with Gasteiger partial charge >= 0.3 is 5.97 Å². The van der Waals surface area contributed by atoms with Gasteiger partial charge in [0.1, 0.15) is 5.75 Å². The van der Waals surface area contributed by atoms with E-state index in [0.717, 1.165) is 11.3 Å². The Morgan fingerprint density at radius 1 is 1.08 bits per heavy atom. The lowest BCUT2D eigenvalue weighted by Crippen LogP contribution is -2.09. The highest BCUT2D eigenvalue weighted by Gasteiger charge is 2.10. The maximum atomic E-state index is 12.0. The van der Waals surface area contributed by atoms with Gasteiger partial charge in [0.2, 0.25) is 5.91 Å². The van der Waals surface area contributed by atoms with Gasteiger partial charge in [0.25, 0.3) is 0 Å². The summed E-state index contributed by atoms with van der Waals surface area (Å²) in [6.45, 7) is 0. The second-order valence-corrected chi connectivity index (χ2v) is 5.19. The number of carbonyl (C=O) groups excluding carboxylic acids is 2. The van der Waals surface area contributed by atoms with Crippen molar-refractivity contribution in [2.75, 3.05) is 19.5 Å². The molecule has 24 heavy (non-hydrogen) atoms. The molecule has 0 radical (unpaired) electrons. The third-order valence-corrected chi connectivity index (χ3v) is 3.52. The van der Waals surface area contributed by atoms with Crippen LogP contribution >= 0.6 is 11.6 Å². The van der Waals surface area contributed by atoms with Crippen LogP contribution in [0.2, 0.25) is 5.02 Å². The Bertz CT molecular complexity index is 769. The average Bonchev–Trinajstić information content (AvgIpc) is 2.61. The second-order valence-electron chi connectivity index (χ2n) is 4.78. The molecule has 0 aliphatic heterocycles. The molecule has 5 nitrogen and oxygen atoms in total. The van der Waals surface area contributed by atoms with E-state index in [1.165, 1.54) is 31.4 Å². The number of amides is 1. The molecule has 2 aromatic carbocycles. The van der Waals surface area contributed by atoms with Crippen LogP contribution in [0.3, 0.4) is 0 Å². The van der Waals surface area contributed by atoms with Crippen LogP contribution in [0.15, 0.2) is 48.5 Å². The van der Waals surface area contributed by atoms with Crippen molar-refractivity contribution >= 4 is 35.2 Å². The van der Waals surface area contributed by atoms with Crippen LogP contribution in [0.5, 0.6) is 5.75 Å². The van der Waals surface area contributed by atoms with Crippen molar-refractivity contribution in [1.82, 2.24) is 0 Å². The average molecular weight is 346 g/mol. The number of esters is 1. The van der Waals surface area contributed by atoms with E-state index in [9.17, 15) is 9.59 Å². The molecular formula is C18H16ClNO4. The molecule has 124 valence electrons. The minimum absolute atomic E-state index is 0.302. The Labute approximate surface area is 144 Å². The smallest absolute Gasteiger partial charge is 0.337 e. The summed E-state index contributed by atoms with van der Waals surface area (Å²) in [5, 5.41) is 2.96. The zero-order valence-corrected chi connectivity index (χ0v) is 14.0. The summed E-state index contributed by atoms with van der Waals surface area (Å²) in [5.41, 5.74) is 1.49. The second kappa shape index (κ2) is 8.17. The molecule has 2 aromatic rings. The fourth-order valence-corrected chi connectivity index (χ4v) is 2.09. The molecule has 0 spiro atoms. The summed E-state index contributed by atoms with van der Waals surface area (Å²) < 4.78 is 9.71. The van der Waals surface area contributed by atoms with Gasteiger partial charge in [-0.05, 0) is 42.0 Å². The molecule has 0 aliphatic carbocycles. The third-order valence-electron chi connectivity index (χ3n) is 3.19. The molecule has 0 heterocycles. The van der Waals surface area contributed by atoms with Crippen molar-refractivity contribution < 1.29 is 19.1 Å². The van der Waals surface area contributed by atoms with Gasteiger partial charge in [-0.15, -0.1) is 0 Å². The largest absolute Gasteiger partial charge is 0.497 e. The summed E-state index contributed by atoms with van der Waals surface area (Å²) in [6.07, 6.45) is 3.04. The normalized spacial score (nSPS) is 10.5. The molecule has 0 saturated heterocycles. The van der Waals surface area contributed by atoms with Crippen LogP contribution in [0, 0.1) is 0 Å².